The van der Waals surface area contributed by atoms with Gasteiger partial charge in [-0.3, -0.25) is 9.89 Å². The Morgan fingerprint density at radius 1 is 1.14 bits per heavy atom. The van der Waals surface area contributed by atoms with Crippen LogP contribution in [0.4, 0.5) is 0 Å². The van der Waals surface area contributed by atoms with Crippen molar-refractivity contribution >= 4 is 15.8 Å². The lowest BCUT2D eigenvalue weighted by Crippen LogP contribution is -2.53. The SMILES string of the molecule is CCNC(=NCC(C)(C)CCS(C)(=O)=O)NC1CCCN(C2CCCCC2)C1. The van der Waals surface area contributed by atoms with Crippen molar-refractivity contribution in [2.24, 2.45) is 10.4 Å². The summed E-state index contributed by atoms with van der Waals surface area (Å²) in [5, 5.41) is 7.02. The molecule has 0 bridgehead atoms. The van der Waals surface area contributed by atoms with E-state index in [4.69, 9.17) is 4.99 Å². The van der Waals surface area contributed by atoms with E-state index in [1.807, 2.05) is 0 Å². The number of nitrogens with zero attached hydrogens (tertiary/aromatic N) is 2. The second-order valence-corrected chi connectivity index (χ2v) is 11.8. The number of nitrogens with one attached hydrogen (secondary N) is 2. The molecule has 2 aliphatic rings. The van der Waals surface area contributed by atoms with Gasteiger partial charge < -0.3 is 10.6 Å². The van der Waals surface area contributed by atoms with Gasteiger partial charge >= 0.3 is 0 Å². The molecule has 2 fully saturated rings. The minimum atomic E-state index is -2.93. The maximum absolute atomic E-state index is 11.5. The smallest absolute Gasteiger partial charge is 0.191 e. The topological polar surface area (TPSA) is 73.8 Å². The van der Waals surface area contributed by atoms with Gasteiger partial charge in [0.2, 0.25) is 0 Å². The van der Waals surface area contributed by atoms with Gasteiger partial charge in [-0.2, -0.15) is 0 Å². The van der Waals surface area contributed by atoms with Crippen LogP contribution in [0.2, 0.25) is 0 Å². The molecule has 2 rings (SSSR count). The number of hydrogen-bond donors (Lipinski definition) is 2. The van der Waals surface area contributed by atoms with Gasteiger partial charge in [0.05, 0.1) is 5.75 Å². The van der Waals surface area contributed by atoms with Gasteiger partial charge in [0.15, 0.2) is 5.96 Å². The van der Waals surface area contributed by atoms with Gasteiger partial charge in [0, 0.05) is 38.0 Å². The molecule has 1 aliphatic heterocycles. The number of aliphatic imine (C=N–C) groups is 1. The molecule has 164 valence electrons. The monoisotopic (exact) mass is 414 g/mol. The van der Waals surface area contributed by atoms with Crippen molar-refractivity contribution in [3.8, 4) is 0 Å². The molecule has 1 saturated carbocycles. The van der Waals surface area contributed by atoms with E-state index in [1.165, 1.54) is 57.7 Å². The minimum absolute atomic E-state index is 0.133. The summed E-state index contributed by atoms with van der Waals surface area (Å²) < 4.78 is 23.0. The standard InChI is InChI=1S/C21H42N4O2S/c1-5-22-20(23-17-21(2,3)13-15-28(4,26)27)24-18-10-9-14-25(16-18)19-11-7-6-8-12-19/h18-19H,5-17H2,1-4H3,(H2,22,23,24). The number of hydrogen-bond acceptors (Lipinski definition) is 4. The third-order valence-electron chi connectivity index (χ3n) is 6.04. The van der Waals surface area contributed by atoms with Crippen LogP contribution in [0.15, 0.2) is 4.99 Å². The van der Waals surface area contributed by atoms with Crippen molar-refractivity contribution in [1.29, 1.82) is 0 Å². The van der Waals surface area contributed by atoms with E-state index < -0.39 is 9.84 Å². The van der Waals surface area contributed by atoms with Gasteiger partial charge in [-0.1, -0.05) is 33.1 Å². The fourth-order valence-electron chi connectivity index (χ4n) is 4.25. The van der Waals surface area contributed by atoms with Crippen molar-refractivity contribution in [2.45, 2.75) is 84.2 Å². The molecule has 0 spiro atoms. The normalized spacial score (nSPS) is 23.6. The third kappa shape index (κ3) is 8.68. The lowest BCUT2D eigenvalue weighted by atomic mass is 9.90. The Balaban J connectivity index is 1.90. The second kappa shape index (κ2) is 10.8. The zero-order valence-corrected chi connectivity index (χ0v) is 19.3. The third-order valence-corrected chi connectivity index (χ3v) is 6.99. The first-order valence-corrected chi connectivity index (χ1v) is 13.2. The molecule has 1 atom stereocenters. The van der Waals surface area contributed by atoms with Gasteiger partial charge in [0.25, 0.3) is 0 Å². The van der Waals surface area contributed by atoms with Crippen molar-refractivity contribution in [2.75, 3.05) is 38.2 Å². The molecule has 0 aromatic carbocycles. The molecule has 1 saturated heterocycles. The molecule has 0 aromatic rings. The first kappa shape index (κ1) is 23.5. The Kier molecular flexibility index (Phi) is 9.06. The molecule has 0 radical (unpaired) electrons. The molecule has 0 amide bonds. The van der Waals surface area contributed by atoms with Crippen molar-refractivity contribution < 1.29 is 8.42 Å². The summed E-state index contributed by atoms with van der Waals surface area (Å²) in [6.45, 7) is 10.1. The van der Waals surface area contributed by atoms with Crippen LogP contribution in [0.1, 0.15) is 72.1 Å². The van der Waals surface area contributed by atoms with Crippen LogP contribution in [0.3, 0.4) is 0 Å². The summed E-state index contributed by atoms with van der Waals surface area (Å²) in [6.07, 6.45) is 11.2. The molecular formula is C21H42N4O2S. The summed E-state index contributed by atoms with van der Waals surface area (Å²) in [4.78, 5) is 7.49. The van der Waals surface area contributed by atoms with E-state index in [0.717, 1.165) is 25.1 Å². The average molecular weight is 415 g/mol. The Bertz CT molecular complexity index is 598. The zero-order valence-electron chi connectivity index (χ0n) is 18.5. The van der Waals surface area contributed by atoms with Gasteiger partial charge in [-0.15, -0.1) is 0 Å². The highest BCUT2D eigenvalue weighted by atomic mass is 32.2. The summed E-state index contributed by atoms with van der Waals surface area (Å²) in [5.74, 6) is 1.09. The van der Waals surface area contributed by atoms with Crippen LogP contribution in [0.5, 0.6) is 0 Å². The molecule has 1 aliphatic carbocycles. The lowest BCUT2D eigenvalue weighted by Gasteiger charge is -2.40. The Hall–Kier alpha value is -0.820. The number of likely N-dealkylation sites (tertiary alicyclic amines) is 1. The van der Waals surface area contributed by atoms with Gasteiger partial charge in [-0.05, 0) is 51.0 Å². The molecule has 7 heteroatoms. The molecule has 1 heterocycles. The highest BCUT2D eigenvalue weighted by Gasteiger charge is 2.27. The fourth-order valence-corrected chi connectivity index (χ4v) is 5.17. The van der Waals surface area contributed by atoms with E-state index in [1.54, 1.807) is 0 Å². The first-order valence-electron chi connectivity index (χ1n) is 11.2. The van der Waals surface area contributed by atoms with E-state index in [0.29, 0.717) is 19.0 Å². The summed E-state index contributed by atoms with van der Waals surface area (Å²) in [7, 11) is -2.93. The van der Waals surface area contributed by atoms with Crippen LogP contribution in [0, 0.1) is 5.41 Å². The molecular weight excluding hydrogens is 372 g/mol. The molecule has 1 unspecified atom stereocenters. The van der Waals surface area contributed by atoms with E-state index in [-0.39, 0.29) is 11.2 Å². The highest BCUT2D eigenvalue weighted by molar-refractivity contribution is 7.90. The fraction of sp³-hybridized carbons (Fsp3) is 0.952. The van der Waals surface area contributed by atoms with Crippen molar-refractivity contribution in [3.63, 3.8) is 0 Å². The van der Waals surface area contributed by atoms with Crippen LogP contribution in [-0.2, 0) is 9.84 Å². The summed E-state index contributed by atoms with van der Waals surface area (Å²) in [5.41, 5.74) is -0.133. The largest absolute Gasteiger partial charge is 0.357 e. The predicted octanol–water partition coefficient (Wildman–Crippen LogP) is 2.80. The average Bonchev–Trinajstić information content (AvgIpc) is 2.65. The lowest BCUT2D eigenvalue weighted by molar-refractivity contribution is 0.115. The first-order chi connectivity index (χ1) is 13.2. The van der Waals surface area contributed by atoms with Crippen molar-refractivity contribution in [1.82, 2.24) is 15.5 Å². The Morgan fingerprint density at radius 3 is 2.50 bits per heavy atom. The van der Waals surface area contributed by atoms with Crippen molar-refractivity contribution in [3.05, 3.63) is 0 Å². The minimum Gasteiger partial charge on any atom is -0.357 e. The van der Waals surface area contributed by atoms with Crippen LogP contribution in [0.25, 0.3) is 0 Å². The predicted molar refractivity (Wildman–Crippen MR) is 119 cm³/mol. The maximum Gasteiger partial charge on any atom is 0.191 e. The van der Waals surface area contributed by atoms with Crippen LogP contribution < -0.4 is 10.6 Å². The number of sulfone groups is 1. The highest BCUT2D eigenvalue weighted by Crippen LogP contribution is 2.25. The molecule has 6 nitrogen and oxygen atoms in total. The summed E-state index contributed by atoms with van der Waals surface area (Å²) >= 11 is 0. The van der Waals surface area contributed by atoms with E-state index >= 15 is 0 Å². The van der Waals surface area contributed by atoms with E-state index in [9.17, 15) is 8.42 Å². The Morgan fingerprint density at radius 2 is 1.86 bits per heavy atom. The van der Waals surface area contributed by atoms with Gasteiger partial charge in [0.1, 0.15) is 9.84 Å². The number of guanidine groups is 1. The second-order valence-electron chi connectivity index (χ2n) is 9.51. The maximum atomic E-state index is 11.5. The Labute approximate surface area is 172 Å². The molecule has 2 N–H and O–H groups in total. The van der Waals surface area contributed by atoms with Crippen LogP contribution in [-0.4, -0.2) is 69.5 Å². The van der Waals surface area contributed by atoms with E-state index in [2.05, 4.69) is 36.3 Å². The molecule has 28 heavy (non-hydrogen) atoms. The number of piperidine rings is 1. The molecule has 0 aromatic heterocycles. The number of rotatable bonds is 8. The summed E-state index contributed by atoms with van der Waals surface area (Å²) in [6, 6.07) is 1.21. The zero-order chi connectivity index (χ0) is 20.6. The quantitative estimate of drug-likeness (QED) is 0.472. The van der Waals surface area contributed by atoms with Gasteiger partial charge in [-0.25, -0.2) is 8.42 Å². The van der Waals surface area contributed by atoms with Crippen LogP contribution >= 0.6 is 0 Å².